The third-order valence-electron chi connectivity index (χ3n) is 3.09. The summed E-state index contributed by atoms with van der Waals surface area (Å²) in [6, 6.07) is 5.34. The largest absolute Gasteiger partial charge is 0.416 e. The van der Waals surface area contributed by atoms with Crippen molar-refractivity contribution in [3.63, 3.8) is 0 Å². The van der Waals surface area contributed by atoms with E-state index in [1.54, 1.807) is 6.07 Å². The SMILES string of the molecule is OCC1CN(Cc2cccc(C(F)(F)F)c2)CCO1. The van der Waals surface area contributed by atoms with Gasteiger partial charge < -0.3 is 9.84 Å². The van der Waals surface area contributed by atoms with Gasteiger partial charge in [-0.2, -0.15) is 13.2 Å². The number of aliphatic hydroxyl groups is 1. The number of hydrogen-bond donors (Lipinski definition) is 1. The Bertz CT molecular complexity index is 423. The summed E-state index contributed by atoms with van der Waals surface area (Å²) in [6.07, 6.45) is -4.56. The topological polar surface area (TPSA) is 32.7 Å². The summed E-state index contributed by atoms with van der Waals surface area (Å²) in [5.41, 5.74) is -0.00891. The van der Waals surface area contributed by atoms with Crippen LogP contribution in [0, 0.1) is 0 Å². The van der Waals surface area contributed by atoms with Crippen LogP contribution in [0.4, 0.5) is 13.2 Å². The Kier molecular flexibility index (Phi) is 4.44. The van der Waals surface area contributed by atoms with Gasteiger partial charge in [-0.1, -0.05) is 18.2 Å². The molecule has 0 saturated carbocycles. The number of ether oxygens (including phenoxy) is 1. The van der Waals surface area contributed by atoms with Crippen molar-refractivity contribution in [3.05, 3.63) is 35.4 Å². The Labute approximate surface area is 109 Å². The summed E-state index contributed by atoms with van der Waals surface area (Å²) in [5, 5.41) is 9.03. The molecule has 6 heteroatoms. The minimum absolute atomic E-state index is 0.0703. The second kappa shape index (κ2) is 5.90. The second-order valence-corrected chi connectivity index (χ2v) is 4.61. The number of halogens is 3. The van der Waals surface area contributed by atoms with Crippen molar-refractivity contribution in [2.45, 2.75) is 18.8 Å². The normalized spacial score (nSPS) is 21.6. The van der Waals surface area contributed by atoms with Crippen molar-refractivity contribution < 1.29 is 23.0 Å². The number of benzene rings is 1. The Morgan fingerprint density at radius 2 is 2.16 bits per heavy atom. The zero-order valence-corrected chi connectivity index (χ0v) is 10.4. The molecule has 2 rings (SSSR count). The van der Waals surface area contributed by atoms with E-state index in [1.165, 1.54) is 12.1 Å². The first-order chi connectivity index (χ1) is 8.99. The fourth-order valence-electron chi connectivity index (χ4n) is 2.14. The monoisotopic (exact) mass is 275 g/mol. The second-order valence-electron chi connectivity index (χ2n) is 4.61. The van der Waals surface area contributed by atoms with E-state index in [1.807, 2.05) is 4.90 Å². The van der Waals surface area contributed by atoms with Crippen LogP contribution in [-0.2, 0) is 17.5 Å². The van der Waals surface area contributed by atoms with Gasteiger partial charge in [0.15, 0.2) is 0 Å². The zero-order chi connectivity index (χ0) is 13.9. The minimum Gasteiger partial charge on any atom is -0.394 e. The van der Waals surface area contributed by atoms with Crippen molar-refractivity contribution in [3.8, 4) is 0 Å². The van der Waals surface area contributed by atoms with Gasteiger partial charge >= 0.3 is 6.18 Å². The summed E-state index contributed by atoms with van der Waals surface area (Å²) in [6.45, 7) is 2.05. The molecule has 0 radical (unpaired) electrons. The van der Waals surface area contributed by atoms with E-state index in [0.717, 1.165) is 6.07 Å². The Balaban J connectivity index is 2.03. The van der Waals surface area contributed by atoms with Crippen LogP contribution in [-0.4, -0.2) is 42.4 Å². The molecule has 1 aromatic rings. The maximum absolute atomic E-state index is 12.6. The predicted octanol–water partition coefficient (Wildman–Crippen LogP) is 1.90. The zero-order valence-electron chi connectivity index (χ0n) is 10.4. The highest BCUT2D eigenvalue weighted by Gasteiger charge is 2.30. The lowest BCUT2D eigenvalue weighted by Gasteiger charge is -2.32. The van der Waals surface area contributed by atoms with E-state index in [9.17, 15) is 13.2 Å². The molecule has 1 fully saturated rings. The molecule has 1 aromatic carbocycles. The van der Waals surface area contributed by atoms with E-state index >= 15 is 0 Å². The lowest BCUT2D eigenvalue weighted by atomic mass is 10.1. The van der Waals surface area contributed by atoms with Crippen LogP contribution in [0.2, 0.25) is 0 Å². The van der Waals surface area contributed by atoms with Crippen molar-refractivity contribution in [2.75, 3.05) is 26.3 Å². The molecule has 106 valence electrons. The molecule has 0 spiro atoms. The lowest BCUT2D eigenvalue weighted by molar-refractivity contribution is -0.137. The fraction of sp³-hybridized carbons (Fsp3) is 0.538. The molecular formula is C13H16F3NO2. The summed E-state index contributed by atoms with van der Waals surface area (Å²) in [7, 11) is 0. The first kappa shape index (κ1) is 14.3. The first-order valence-electron chi connectivity index (χ1n) is 6.10. The average Bonchev–Trinajstić information content (AvgIpc) is 2.38. The van der Waals surface area contributed by atoms with E-state index in [-0.39, 0.29) is 12.7 Å². The molecule has 1 unspecified atom stereocenters. The molecule has 0 aliphatic carbocycles. The molecule has 19 heavy (non-hydrogen) atoms. The Morgan fingerprint density at radius 1 is 1.37 bits per heavy atom. The van der Waals surface area contributed by atoms with Gasteiger partial charge in [-0.3, -0.25) is 4.90 Å². The quantitative estimate of drug-likeness (QED) is 0.914. The average molecular weight is 275 g/mol. The number of alkyl halides is 3. The maximum Gasteiger partial charge on any atom is 0.416 e. The summed E-state index contributed by atoms with van der Waals surface area (Å²) in [4.78, 5) is 1.99. The van der Waals surface area contributed by atoms with Crippen molar-refractivity contribution in [2.24, 2.45) is 0 Å². The van der Waals surface area contributed by atoms with Gasteiger partial charge in [-0.15, -0.1) is 0 Å². The van der Waals surface area contributed by atoms with Gasteiger partial charge in [0.05, 0.1) is 24.9 Å². The number of hydrogen-bond acceptors (Lipinski definition) is 3. The van der Waals surface area contributed by atoms with Gasteiger partial charge in [0.25, 0.3) is 0 Å². The number of nitrogens with zero attached hydrogens (tertiary/aromatic N) is 1. The van der Waals surface area contributed by atoms with E-state index in [2.05, 4.69) is 0 Å². The number of aliphatic hydroxyl groups excluding tert-OH is 1. The summed E-state index contributed by atoms with van der Waals surface area (Å²) >= 11 is 0. The van der Waals surface area contributed by atoms with E-state index in [4.69, 9.17) is 9.84 Å². The number of morpholine rings is 1. The van der Waals surface area contributed by atoms with Crippen LogP contribution in [0.1, 0.15) is 11.1 Å². The van der Waals surface area contributed by atoms with Gasteiger partial charge in [0.2, 0.25) is 0 Å². The third-order valence-corrected chi connectivity index (χ3v) is 3.09. The van der Waals surface area contributed by atoms with E-state index < -0.39 is 11.7 Å². The molecule has 1 aliphatic heterocycles. The van der Waals surface area contributed by atoms with Gasteiger partial charge in [0.1, 0.15) is 0 Å². The molecule has 1 atom stereocenters. The van der Waals surface area contributed by atoms with Crippen LogP contribution >= 0.6 is 0 Å². The van der Waals surface area contributed by atoms with Crippen molar-refractivity contribution in [1.82, 2.24) is 4.90 Å². The first-order valence-corrected chi connectivity index (χ1v) is 6.10. The minimum atomic E-state index is -4.31. The molecule has 0 amide bonds. The van der Waals surface area contributed by atoms with Crippen LogP contribution in [0.5, 0.6) is 0 Å². The van der Waals surface area contributed by atoms with Gasteiger partial charge in [-0.25, -0.2) is 0 Å². The molecule has 1 aliphatic rings. The van der Waals surface area contributed by atoms with E-state index in [0.29, 0.717) is 31.8 Å². The molecule has 1 N–H and O–H groups in total. The highest BCUT2D eigenvalue weighted by atomic mass is 19.4. The fourth-order valence-corrected chi connectivity index (χ4v) is 2.14. The van der Waals surface area contributed by atoms with Crippen LogP contribution in [0.25, 0.3) is 0 Å². The summed E-state index contributed by atoms with van der Waals surface area (Å²) < 4.78 is 43.1. The molecule has 3 nitrogen and oxygen atoms in total. The van der Waals surface area contributed by atoms with Gasteiger partial charge in [0, 0.05) is 19.6 Å². The van der Waals surface area contributed by atoms with Crippen LogP contribution in [0.3, 0.4) is 0 Å². The highest BCUT2D eigenvalue weighted by Crippen LogP contribution is 2.29. The molecule has 1 heterocycles. The predicted molar refractivity (Wildman–Crippen MR) is 63.5 cm³/mol. The Morgan fingerprint density at radius 3 is 2.84 bits per heavy atom. The standard InChI is InChI=1S/C13H16F3NO2/c14-13(15,16)11-3-1-2-10(6-11)7-17-4-5-19-12(8-17)9-18/h1-3,6,12,18H,4-5,7-9H2. The molecular weight excluding hydrogens is 259 g/mol. The third kappa shape index (κ3) is 3.92. The van der Waals surface area contributed by atoms with Crippen molar-refractivity contribution >= 4 is 0 Å². The number of rotatable bonds is 3. The summed E-state index contributed by atoms with van der Waals surface area (Å²) in [5.74, 6) is 0. The lowest BCUT2D eigenvalue weighted by Crippen LogP contribution is -2.43. The van der Waals surface area contributed by atoms with Crippen molar-refractivity contribution in [1.29, 1.82) is 0 Å². The molecule has 1 saturated heterocycles. The van der Waals surface area contributed by atoms with Crippen LogP contribution in [0.15, 0.2) is 24.3 Å². The molecule has 0 aromatic heterocycles. The van der Waals surface area contributed by atoms with Crippen LogP contribution < -0.4 is 0 Å². The highest BCUT2D eigenvalue weighted by molar-refractivity contribution is 5.25. The maximum atomic E-state index is 12.6. The smallest absolute Gasteiger partial charge is 0.394 e. The molecule has 0 bridgehead atoms. The van der Waals surface area contributed by atoms with Gasteiger partial charge in [-0.05, 0) is 11.6 Å². The Hall–Kier alpha value is -1.11.